The van der Waals surface area contributed by atoms with Crippen LogP contribution in [0, 0.1) is 6.92 Å². The number of hydrogen-bond donors (Lipinski definition) is 2. The van der Waals surface area contributed by atoms with Gasteiger partial charge >= 0.3 is 5.97 Å². The molecule has 0 unspecified atom stereocenters. The number of rotatable bonds is 6. The van der Waals surface area contributed by atoms with E-state index in [2.05, 4.69) is 10.3 Å². The van der Waals surface area contributed by atoms with E-state index in [1.165, 1.54) is 22.7 Å². The minimum Gasteiger partial charge on any atom is -0.481 e. The number of hydrogen-bond acceptors (Lipinski definition) is 5. The number of aryl methyl sites for hydroxylation is 2. The van der Waals surface area contributed by atoms with Crippen LogP contribution in [-0.4, -0.2) is 22.0 Å². The highest BCUT2D eigenvalue weighted by atomic mass is 32.1. The van der Waals surface area contributed by atoms with Crippen LogP contribution in [0.4, 0.5) is 5.13 Å². The van der Waals surface area contributed by atoms with Gasteiger partial charge in [0.05, 0.1) is 10.6 Å². The summed E-state index contributed by atoms with van der Waals surface area (Å²) in [4.78, 5) is 28.4. The van der Waals surface area contributed by atoms with Gasteiger partial charge in [0.1, 0.15) is 0 Å². The molecular weight excluding hydrogens is 296 g/mol. The first kappa shape index (κ1) is 14.7. The Balaban J connectivity index is 1.89. The molecule has 0 aromatic carbocycles. The predicted octanol–water partition coefficient (Wildman–Crippen LogP) is 3.17. The third-order valence-electron chi connectivity index (χ3n) is 2.56. The van der Waals surface area contributed by atoms with E-state index in [1.807, 2.05) is 18.4 Å². The lowest BCUT2D eigenvalue weighted by molar-refractivity contribution is -0.137. The number of thiophene rings is 1. The number of thiazole rings is 1. The van der Waals surface area contributed by atoms with Gasteiger partial charge in [-0.2, -0.15) is 0 Å². The predicted molar refractivity (Wildman–Crippen MR) is 79.7 cm³/mol. The van der Waals surface area contributed by atoms with Gasteiger partial charge < -0.3 is 5.11 Å². The van der Waals surface area contributed by atoms with Gasteiger partial charge in [0, 0.05) is 16.7 Å². The zero-order valence-electron chi connectivity index (χ0n) is 10.9. The molecule has 1 amide bonds. The second-order valence-corrected chi connectivity index (χ2v) is 6.40. The van der Waals surface area contributed by atoms with Crippen molar-refractivity contribution in [3.63, 3.8) is 0 Å². The van der Waals surface area contributed by atoms with Crippen LogP contribution in [0.2, 0.25) is 0 Å². The summed E-state index contributed by atoms with van der Waals surface area (Å²) in [5.41, 5.74) is 0.814. The number of anilines is 1. The van der Waals surface area contributed by atoms with Gasteiger partial charge in [-0.05, 0) is 31.9 Å². The third kappa shape index (κ3) is 4.14. The number of carboxylic acids is 1. The average Bonchev–Trinajstić information content (AvgIpc) is 2.98. The van der Waals surface area contributed by atoms with Crippen molar-refractivity contribution in [3.8, 4) is 0 Å². The molecule has 2 N–H and O–H groups in total. The molecule has 2 rings (SSSR count). The van der Waals surface area contributed by atoms with E-state index in [1.54, 1.807) is 6.07 Å². The fraction of sp³-hybridized carbons (Fsp3) is 0.308. The Kier molecular flexibility index (Phi) is 4.86. The van der Waals surface area contributed by atoms with Crippen LogP contribution in [0.3, 0.4) is 0 Å². The van der Waals surface area contributed by atoms with Crippen LogP contribution in [0.1, 0.15) is 33.1 Å². The van der Waals surface area contributed by atoms with Gasteiger partial charge in [0.15, 0.2) is 5.13 Å². The summed E-state index contributed by atoms with van der Waals surface area (Å²) in [6.07, 6.45) is 1.29. The Morgan fingerprint density at radius 3 is 2.85 bits per heavy atom. The van der Waals surface area contributed by atoms with E-state index in [4.69, 9.17) is 5.11 Å². The van der Waals surface area contributed by atoms with E-state index in [0.717, 1.165) is 10.6 Å². The number of aromatic nitrogens is 1. The molecule has 0 radical (unpaired) electrons. The summed E-state index contributed by atoms with van der Waals surface area (Å²) in [6.45, 7) is 1.95. The Hall–Kier alpha value is -1.73. The quantitative estimate of drug-likeness (QED) is 0.859. The van der Waals surface area contributed by atoms with Crippen LogP contribution in [0.25, 0.3) is 0 Å². The molecule has 0 bridgehead atoms. The minimum atomic E-state index is -0.804. The van der Waals surface area contributed by atoms with Gasteiger partial charge in [-0.25, -0.2) is 4.98 Å². The molecule has 2 heterocycles. The van der Waals surface area contributed by atoms with E-state index in [-0.39, 0.29) is 12.3 Å². The second-order valence-electron chi connectivity index (χ2n) is 4.26. The molecule has 2 aromatic heterocycles. The molecule has 0 aliphatic heterocycles. The van der Waals surface area contributed by atoms with Crippen molar-refractivity contribution in [2.75, 3.05) is 5.32 Å². The normalized spacial score (nSPS) is 10.4. The molecular formula is C13H14N2O3S2. The van der Waals surface area contributed by atoms with Crippen molar-refractivity contribution in [1.82, 2.24) is 4.98 Å². The lowest BCUT2D eigenvalue weighted by Crippen LogP contribution is -2.09. The zero-order valence-corrected chi connectivity index (χ0v) is 12.5. The van der Waals surface area contributed by atoms with E-state index in [0.29, 0.717) is 22.9 Å². The van der Waals surface area contributed by atoms with E-state index >= 15 is 0 Å². The average molecular weight is 310 g/mol. The van der Waals surface area contributed by atoms with Crippen LogP contribution in [-0.2, 0) is 11.2 Å². The first-order chi connectivity index (χ1) is 9.54. The fourth-order valence-corrected chi connectivity index (χ4v) is 3.12. The molecule has 0 saturated heterocycles. The molecule has 0 atom stereocenters. The summed E-state index contributed by atoms with van der Waals surface area (Å²) >= 11 is 2.79. The van der Waals surface area contributed by atoms with Crippen molar-refractivity contribution in [1.29, 1.82) is 0 Å². The number of amides is 1. The summed E-state index contributed by atoms with van der Waals surface area (Å²) in [5, 5.41) is 13.7. The first-order valence-corrected chi connectivity index (χ1v) is 7.78. The molecule has 0 spiro atoms. The number of nitrogens with one attached hydrogen (secondary N) is 1. The van der Waals surface area contributed by atoms with Crippen molar-refractivity contribution in [2.45, 2.75) is 26.2 Å². The standard InChI is InChI=1S/C13H14N2O3S2/c1-8-5-6-10(20-8)12(18)15-13-14-9(7-19-13)3-2-4-11(16)17/h5-7H,2-4H2,1H3,(H,16,17)(H,14,15,18). The summed E-state index contributed by atoms with van der Waals surface area (Å²) in [5.74, 6) is -0.962. The second kappa shape index (κ2) is 6.62. The number of carbonyl (C=O) groups excluding carboxylic acids is 1. The van der Waals surface area contributed by atoms with Crippen molar-refractivity contribution >= 4 is 39.7 Å². The molecule has 7 heteroatoms. The third-order valence-corrected chi connectivity index (χ3v) is 4.37. The maximum Gasteiger partial charge on any atom is 0.303 e. The highest BCUT2D eigenvalue weighted by molar-refractivity contribution is 7.15. The fourth-order valence-electron chi connectivity index (χ4n) is 1.62. The van der Waals surface area contributed by atoms with Gasteiger partial charge in [-0.15, -0.1) is 22.7 Å². The first-order valence-electron chi connectivity index (χ1n) is 6.08. The number of nitrogens with zero attached hydrogens (tertiary/aromatic N) is 1. The smallest absolute Gasteiger partial charge is 0.303 e. The summed E-state index contributed by atoms with van der Waals surface area (Å²) in [7, 11) is 0. The molecule has 0 aliphatic carbocycles. The Labute approximate surface area is 124 Å². The lowest BCUT2D eigenvalue weighted by atomic mass is 10.2. The highest BCUT2D eigenvalue weighted by Crippen LogP contribution is 2.20. The summed E-state index contributed by atoms with van der Waals surface area (Å²) < 4.78 is 0. The van der Waals surface area contributed by atoms with Crippen molar-refractivity contribution in [3.05, 3.63) is 33.0 Å². The molecule has 2 aromatic rings. The van der Waals surface area contributed by atoms with Crippen LogP contribution < -0.4 is 5.32 Å². The number of carboxylic acid groups (broad SMARTS) is 1. The van der Waals surface area contributed by atoms with Crippen LogP contribution in [0.15, 0.2) is 17.5 Å². The summed E-state index contributed by atoms with van der Waals surface area (Å²) in [6, 6.07) is 3.69. The minimum absolute atomic E-state index is 0.133. The van der Waals surface area contributed by atoms with Crippen molar-refractivity contribution < 1.29 is 14.7 Å². The Morgan fingerprint density at radius 1 is 1.40 bits per heavy atom. The maximum absolute atomic E-state index is 11.9. The van der Waals surface area contributed by atoms with Crippen molar-refractivity contribution in [2.24, 2.45) is 0 Å². The molecule has 0 aliphatic rings. The Morgan fingerprint density at radius 2 is 2.20 bits per heavy atom. The maximum atomic E-state index is 11.9. The van der Waals surface area contributed by atoms with Crippen LogP contribution >= 0.6 is 22.7 Å². The number of carbonyl (C=O) groups is 2. The van der Waals surface area contributed by atoms with Gasteiger partial charge in [-0.1, -0.05) is 0 Å². The van der Waals surface area contributed by atoms with E-state index in [9.17, 15) is 9.59 Å². The SMILES string of the molecule is Cc1ccc(C(=O)Nc2nc(CCCC(=O)O)cs2)s1. The lowest BCUT2D eigenvalue weighted by Gasteiger charge is -1.98. The molecule has 0 fully saturated rings. The van der Waals surface area contributed by atoms with Gasteiger partial charge in [0.2, 0.25) is 0 Å². The number of aliphatic carboxylic acids is 1. The molecule has 106 valence electrons. The Bertz CT molecular complexity index is 619. The monoisotopic (exact) mass is 310 g/mol. The van der Waals surface area contributed by atoms with E-state index < -0.39 is 5.97 Å². The molecule has 5 nitrogen and oxygen atoms in total. The molecule has 20 heavy (non-hydrogen) atoms. The van der Waals surface area contributed by atoms with Gasteiger partial charge in [0.25, 0.3) is 5.91 Å². The largest absolute Gasteiger partial charge is 0.481 e. The van der Waals surface area contributed by atoms with Crippen LogP contribution in [0.5, 0.6) is 0 Å². The zero-order chi connectivity index (χ0) is 14.5. The van der Waals surface area contributed by atoms with Gasteiger partial charge in [-0.3, -0.25) is 14.9 Å². The topological polar surface area (TPSA) is 79.3 Å². The molecule has 0 saturated carbocycles. The highest BCUT2D eigenvalue weighted by Gasteiger charge is 2.11.